The number of anilines is 2. The molecule has 8 heteroatoms. The molecule has 0 bridgehead atoms. The van der Waals surface area contributed by atoms with E-state index in [-0.39, 0.29) is 18.6 Å². The lowest BCUT2D eigenvalue weighted by molar-refractivity contribution is -0.123. The molecular weight excluding hydrogens is 436 g/mol. The largest absolute Gasteiger partial charge is 0.488 e. The number of benzene rings is 1. The molecule has 1 atom stereocenters. The van der Waals surface area contributed by atoms with Crippen LogP contribution < -0.4 is 9.80 Å². The quantitative estimate of drug-likeness (QED) is 0.535. The fourth-order valence-electron chi connectivity index (χ4n) is 4.78. The van der Waals surface area contributed by atoms with Crippen LogP contribution in [-0.4, -0.2) is 39.4 Å². The van der Waals surface area contributed by atoms with Crippen molar-refractivity contribution >= 4 is 46.2 Å². The Hall–Kier alpha value is -3.28. The van der Waals surface area contributed by atoms with Crippen LogP contribution in [-0.2, 0) is 9.53 Å². The van der Waals surface area contributed by atoms with Crippen LogP contribution in [0.3, 0.4) is 0 Å². The topological polar surface area (TPSA) is 70.3 Å². The minimum atomic E-state index is -0.673. The van der Waals surface area contributed by atoms with Crippen LogP contribution in [0.25, 0.3) is 10.6 Å². The fourth-order valence-corrected chi connectivity index (χ4v) is 5.24. The number of aliphatic hydroxyl groups is 1. The van der Waals surface area contributed by atoms with Gasteiger partial charge in [0, 0.05) is 11.3 Å². The number of pyridine rings is 1. The highest BCUT2D eigenvalue weighted by molar-refractivity contribution is 7.81. The van der Waals surface area contributed by atoms with Crippen molar-refractivity contribution in [3.8, 4) is 0 Å². The van der Waals surface area contributed by atoms with Gasteiger partial charge >= 0.3 is 0 Å². The molecule has 7 nitrogen and oxygen atoms in total. The number of carbonyl (C=O) groups is 1. The second-order valence-corrected chi connectivity index (χ2v) is 9.07. The second kappa shape index (κ2) is 8.25. The predicted octanol–water partition coefficient (Wildman–Crippen LogP) is 4.51. The highest BCUT2D eigenvalue weighted by atomic mass is 32.1. The molecule has 1 unspecified atom stereocenters. The average molecular weight is 461 g/mol. The molecule has 168 valence electrons. The van der Waals surface area contributed by atoms with Crippen LogP contribution in [0, 0.1) is 13.5 Å². The van der Waals surface area contributed by atoms with Crippen molar-refractivity contribution in [3.05, 3.63) is 65.1 Å². The van der Waals surface area contributed by atoms with Gasteiger partial charge in [0.25, 0.3) is 11.7 Å². The first-order valence-electron chi connectivity index (χ1n) is 11.1. The van der Waals surface area contributed by atoms with Crippen LogP contribution in [0.4, 0.5) is 17.2 Å². The van der Waals surface area contributed by atoms with Gasteiger partial charge in [0.05, 0.1) is 12.3 Å². The molecule has 2 fully saturated rings. The van der Waals surface area contributed by atoms with Gasteiger partial charge in [0.15, 0.2) is 5.11 Å². The molecule has 1 N–H and O–H groups in total. The third kappa shape index (κ3) is 3.39. The highest BCUT2D eigenvalue weighted by Crippen LogP contribution is 2.48. The standard InChI is InChI=1S/C25H24N4O3S/c1-16-13-19(14-27-22(16)26-2)28-23(31)25(11-4-12-25)29(24(28)33)18-9-7-17(8-10-18)21-6-3-5-20(15-30)32-21/h6-10,13-14,20,30H,3-5,11-12,15H2,1H3. The molecule has 3 aliphatic rings. The maximum absolute atomic E-state index is 13.6. The first kappa shape index (κ1) is 21.6. The van der Waals surface area contributed by atoms with Crippen molar-refractivity contribution < 1.29 is 14.6 Å². The summed E-state index contributed by atoms with van der Waals surface area (Å²) in [6, 6.07) is 9.68. The normalized spacial score (nSPS) is 21.5. The molecule has 0 radical (unpaired) electrons. The number of rotatable bonds is 4. The van der Waals surface area contributed by atoms with Crippen molar-refractivity contribution in [1.82, 2.24) is 4.98 Å². The maximum Gasteiger partial charge on any atom is 0.272 e. The first-order valence-corrected chi connectivity index (χ1v) is 11.5. The van der Waals surface area contributed by atoms with Gasteiger partial charge in [-0.25, -0.2) is 0 Å². The van der Waals surface area contributed by atoms with E-state index in [1.807, 2.05) is 42.2 Å². The number of carbonyl (C=O) groups excluding carboxylic acids is 1. The lowest BCUT2D eigenvalue weighted by atomic mass is 9.75. The van der Waals surface area contributed by atoms with E-state index in [1.165, 1.54) is 0 Å². The zero-order valence-electron chi connectivity index (χ0n) is 18.3. The number of allylic oxidation sites excluding steroid dienone is 1. The molecule has 1 saturated carbocycles. The Morgan fingerprint density at radius 3 is 2.67 bits per heavy atom. The van der Waals surface area contributed by atoms with Crippen molar-refractivity contribution in [3.63, 3.8) is 0 Å². The summed E-state index contributed by atoms with van der Waals surface area (Å²) in [5.41, 5.74) is 2.43. The van der Waals surface area contributed by atoms with Gasteiger partial charge in [-0.15, -0.1) is 4.98 Å². The smallest absolute Gasteiger partial charge is 0.272 e. The van der Waals surface area contributed by atoms with Crippen molar-refractivity contribution in [1.29, 1.82) is 0 Å². The Bertz CT molecular complexity index is 1200. The van der Waals surface area contributed by atoms with E-state index in [9.17, 15) is 9.90 Å². The van der Waals surface area contributed by atoms with Crippen LogP contribution in [0.5, 0.6) is 0 Å². The van der Waals surface area contributed by atoms with Crippen LogP contribution >= 0.6 is 12.2 Å². The summed E-state index contributed by atoms with van der Waals surface area (Å²) in [4.78, 5) is 24.8. The number of hydrogen-bond donors (Lipinski definition) is 1. The fraction of sp³-hybridized carbons (Fsp3) is 0.360. The number of hydrogen-bond acceptors (Lipinski definition) is 5. The van der Waals surface area contributed by atoms with Gasteiger partial charge < -0.3 is 19.6 Å². The summed E-state index contributed by atoms with van der Waals surface area (Å²) >= 11 is 5.82. The maximum atomic E-state index is 13.6. The molecule has 1 aromatic carbocycles. The number of nitrogens with zero attached hydrogens (tertiary/aromatic N) is 4. The van der Waals surface area contributed by atoms with Gasteiger partial charge in [-0.3, -0.25) is 9.69 Å². The molecule has 1 aromatic heterocycles. The number of thiocarbonyl (C=S) groups is 1. The minimum absolute atomic E-state index is 0.00311. The van der Waals surface area contributed by atoms with Gasteiger partial charge in [-0.2, -0.15) is 0 Å². The Labute approximate surface area is 198 Å². The number of aryl methyl sites for hydroxylation is 1. The summed E-state index contributed by atoms with van der Waals surface area (Å²) < 4.78 is 5.88. The number of aromatic nitrogens is 1. The molecule has 1 spiro atoms. The van der Waals surface area contributed by atoms with Gasteiger partial charge in [-0.05, 0) is 93.2 Å². The molecule has 5 rings (SSSR count). The van der Waals surface area contributed by atoms with E-state index in [1.54, 1.807) is 17.2 Å². The second-order valence-electron chi connectivity index (χ2n) is 8.70. The third-order valence-electron chi connectivity index (χ3n) is 6.72. The SMILES string of the molecule is [C-]#[N+]c1ncc(N2C(=O)C3(CCC3)N(c3ccc(C4=CCCC(CO)O4)cc3)C2=S)cc1C. The average Bonchev–Trinajstić information content (AvgIpc) is 3.06. The Morgan fingerprint density at radius 2 is 2.06 bits per heavy atom. The number of ether oxygens (including phenoxy) is 1. The van der Waals surface area contributed by atoms with E-state index >= 15 is 0 Å². The molecule has 33 heavy (non-hydrogen) atoms. The summed E-state index contributed by atoms with van der Waals surface area (Å²) in [6.07, 6.45) is 7.54. The molecule has 2 aliphatic heterocycles. The Balaban J connectivity index is 1.47. The van der Waals surface area contributed by atoms with E-state index in [2.05, 4.69) is 9.83 Å². The highest BCUT2D eigenvalue weighted by Gasteiger charge is 2.59. The lowest BCUT2D eigenvalue weighted by Gasteiger charge is -2.43. The van der Waals surface area contributed by atoms with Gasteiger partial charge in [-0.1, -0.05) is 6.57 Å². The number of amides is 1. The summed E-state index contributed by atoms with van der Waals surface area (Å²) in [6.45, 7) is 9.04. The van der Waals surface area contributed by atoms with Gasteiger partial charge in [0.1, 0.15) is 23.6 Å². The van der Waals surface area contributed by atoms with Crippen molar-refractivity contribution in [2.45, 2.75) is 50.7 Å². The van der Waals surface area contributed by atoms with E-state index in [0.29, 0.717) is 22.2 Å². The Kier molecular flexibility index (Phi) is 5.39. The molecule has 1 aliphatic carbocycles. The minimum Gasteiger partial charge on any atom is -0.488 e. The van der Waals surface area contributed by atoms with Gasteiger partial charge in [0.2, 0.25) is 0 Å². The van der Waals surface area contributed by atoms with E-state index in [0.717, 1.165) is 49.1 Å². The molecule has 3 heterocycles. The van der Waals surface area contributed by atoms with Crippen LogP contribution in [0.1, 0.15) is 43.2 Å². The van der Waals surface area contributed by atoms with Crippen LogP contribution in [0.2, 0.25) is 0 Å². The molecular formula is C25H24N4O3S. The van der Waals surface area contributed by atoms with E-state index < -0.39 is 5.54 Å². The van der Waals surface area contributed by atoms with Crippen LogP contribution in [0.15, 0.2) is 42.6 Å². The molecule has 1 amide bonds. The van der Waals surface area contributed by atoms with E-state index in [4.69, 9.17) is 23.5 Å². The monoisotopic (exact) mass is 460 g/mol. The third-order valence-corrected chi connectivity index (χ3v) is 7.08. The zero-order valence-corrected chi connectivity index (χ0v) is 19.1. The lowest BCUT2D eigenvalue weighted by Crippen LogP contribution is -2.55. The number of aliphatic hydroxyl groups excluding tert-OH is 1. The zero-order chi connectivity index (χ0) is 23.2. The molecule has 2 aromatic rings. The predicted molar refractivity (Wildman–Crippen MR) is 130 cm³/mol. The molecule has 1 saturated heterocycles. The summed E-state index contributed by atoms with van der Waals surface area (Å²) in [5, 5.41) is 9.85. The Morgan fingerprint density at radius 1 is 1.30 bits per heavy atom. The van der Waals surface area contributed by atoms with Crippen molar-refractivity contribution in [2.24, 2.45) is 0 Å². The summed E-state index contributed by atoms with van der Waals surface area (Å²) in [7, 11) is 0. The first-order chi connectivity index (χ1) is 16.0. The van der Waals surface area contributed by atoms with Crippen molar-refractivity contribution in [2.75, 3.05) is 16.4 Å². The summed E-state index contributed by atoms with van der Waals surface area (Å²) in [5.74, 6) is 1.06.